The van der Waals surface area contributed by atoms with E-state index in [9.17, 15) is 0 Å². The molecule has 0 atom stereocenters. The number of hydrogen-bond acceptors (Lipinski definition) is 9. The highest BCUT2D eigenvalue weighted by Crippen LogP contribution is 2.30. The molecule has 35 heavy (non-hydrogen) atoms. The number of aromatic nitrogens is 6. The minimum Gasteiger partial charge on any atom is -0.375 e. The molecular weight excluding hydrogens is 482 g/mol. The van der Waals surface area contributed by atoms with E-state index >= 15 is 0 Å². The molecule has 0 bridgehead atoms. The molecule has 0 aliphatic rings. The monoisotopic (exact) mass is 511 g/mol. The summed E-state index contributed by atoms with van der Waals surface area (Å²) in [5.74, 6) is 4.66. The van der Waals surface area contributed by atoms with Crippen LogP contribution < -0.4 is 22.7 Å². The quantitative estimate of drug-likeness (QED) is 0.109. The minimum atomic E-state index is 0.116. The summed E-state index contributed by atoms with van der Waals surface area (Å²) in [6, 6.07) is 9.65. The molecule has 13 heteroatoms. The number of anilines is 1. The molecule has 184 valence electrons. The SMILES string of the molecule is CC.CC.N#Cc1c[nH]c2ncccc12.NNC(N)=S.Nc1nnc(-c2c[nH]c3ncccc23)s1. The van der Waals surface area contributed by atoms with Crippen LogP contribution in [0, 0.1) is 11.3 Å². The number of pyridine rings is 2. The highest BCUT2D eigenvalue weighted by atomic mass is 32.1. The number of rotatable bonds is 1. The summed E-state index contributed by atoms with van der Waals surface area (Å²) in [6.45, 7) is 8.00. The predicted octanol–water partition coefficient (Wildman–Crippen LogP) is 3.84. The Kier molecular flexibility index (Phi) is 12.9. The highest BCUT2D eigenvalue weighted by molar-refractivity contribution is 7.80. The Morgan fingerprint density at radius 2 is 1.54 bits per heavy atom. The van der Waals surface area contributed by atoms with Gasteiger partial charge in [0.05, 0.1) is 5.56 Å². The third-order valence-corrected chi connectivity index (χ3v) is 4.74. The largest absolute Gasteiger partial charge is 0.375 e. The average Bonchev–Trinajstić information content (AvgIpc) is 3.65. The number of nitriles is 1. The number of thiocarbonyl (C=S) groups is 1. The van der Waals surface area contributed by atoms with Gasteiger partial charge in [-0.15, -0.1) is 10.2 Å². The topological polar surface area (TPSA) is 197 Å². The standard InChI is InChI=1S/C9H7N5S.C8H5N3.2C2H6.CH5N3S/c10-9-14-13-8(15-9)6-4-12-7-5(6)2-1-3-11-7;9-4-6-5-11-8-7(6)2-1-3-10-8;2*1-2;2-1(5)4-3/h1-4H,(H2,10,14)(H,11,12);1-3,5H,(H,10,11);2*1-2H3;3H2,(H3,2,4,5). The Hall–Kier alpha value is -4.12. The highest BCUT2D eigenvalue weighted by Gasteiger charge is 2.10. The number of H-pyrrole nitrogens is 2. The number of nitrogens with one attached hydrogen (secondary N) is 3. The second-order valence-corrected chi connectivity index (χ2v) is 7.22. The molecular formula is C22H29N11S2. The third-order valence-electron chi connectivity index (χ3n) is 3.84. The van der Waals surface area contributed by atoms with E-state index in [1.54, 1.807) is 18.6 Å². The Bertz CT molecular complexity index is 1350. The van der Waals surface area contributed by atoms with Crippen molar-refractivity contribution in [3.63, 3.8) is 0 Å². The van der Waals surface area contributed by atoms with Gasteiger partial charge in [0.2, 0.25) is 5.13 Å². The zero-order valence-electron chi connectivity index (χ0n) is 19.9. The Morgan fingerprint density at radius 1 is 1.00 bits per heavy atom. The van der Waals surface area contributed by atoms with E-state index in [0.29, 0.717) is 10.7 Å². The molecule has 5 rings (SSSR count). The van der Waals surface area contributed by atoms with Crippen LogP contribution in [-0.4, -0.2) is 35.2 Å². The first-order chi connectivity index (χ1) is 17.0. The Morgan fingerprint density at radius 3 is 2.06 bits per heavy atom. The number of hydrazine groups is 1. The number of nitrogen functional groups attached to an aromatic ring is 1. The van der Waals surface area contributed by atoms with Gasteiger partial charge in [-0.25, -0.2) is 15.8 Å². The van der Waals surface area contributed by atoms with E-state index in [1.807, 2.05) is 63.6 Å². The van der Waals surface area contributed by atoms with Gasteiger partial charge >= 0.3 is 0 Å². The minimum absolute atomic E-state index is 0.116. The van der Waals surface area contributed by atoms with Crippen molar-refractivity contribution in [2.24, 2.45) is 11.6 Å². The summed E-state index contributed by atoms with van der Waals surface area (Å²) in [4.78, 5) is 14.2. The maximum Gasteiger partial charge on any atom is 0.203 e. The second kappa shape index (κ2) is 15.7. The lowest BCUT2D eigenvalue weighted by Crippen LogP contribution is -2.34. The summed E-state index contributed by atoms with van der Waals surface area (Å²) < 4.78 is 0. The summed E-state index contributed by atoms with van der Waals surface area (Å²) >= 11 is 5.61. The number of nitrogens with two attached hydrogens (primary N) is 3. The molecule has 5 aromatic heterocycles. The lowest BCUT2D eigenvalue weighted by Gasteiger charge is -1.90. The first-order valence-electron chi connectivity index (χ1n) is 10.6. The molecule has 0 saturated carbocycles. The van der Waals surface area contributed by atoms with Gasteiger partial charge in [0.15, 0.2) is 10.1 Å². The summed E-state index contributed by atoms with van der Waals surface area (Å²) in [7, 11) is 0. The Balaban J connectivity index is 0.000000270. The van der Waals surface area contributed by atoms with Crippen molar-refractivity contribution in [2.75, 3.05) is 5.73 Å². The van der Waals surface area contributed by atoms with Crippen molar-refractivity contribution in [1.29, 1.82) is 5.26 Å². The molecule has 5 aromatic rings. The van der Waals surface area contributed by atoms with Crippen LogP contribution in [0.4, 0.5) is 5.13 Å². The first-order valence-corrected chi connectivity index (χ1v) is 11.9. The van der Waals surface area contributed by atoms with Gasteiger partial charge in [0.25, 0.3) is 0 Å². The van der Waals surface area contributed by atoms with E-state index in [1.165, 1.54) is 11.3 Å². The molecule has 0 aliphatic carbocycles. The van der Waals surface area contributed by atoms with E-state index in [4.69, 9.17) is 16.7 Å². The molecule has 0 unspecified atom stereocenters. The number of fused-ring (bicyclic) bond motifs is 2. The van der Waals surface area contributed by atoms with Crippen LogP contribution >= 0.6 is 23.6 Å². The summed E-state index contributed by atoms with van der Waals surface area (Å²) in [6.07, 6.45) is 6.98. The number of nitrogens with zero attached hydrogens (tertiary/aromatic N) is 5. The van der Waals surface area contributed by atoms with Crippen molar-refractivity contribution in [3.8, 4) is 16.6 Å². The van der Waals surface area contributed by atoms with E-state index in [0.717, 1.165) is 32.6 Å². The van der Waals surface area contributed by atoms with Crippen molar-refractivity contribution in [1.82, 2.24) is 35.6 Å². The Labute approximate surface area is 212 Å². The molecule has 0 aromatic carbocycles. The third kappa shape index (κ3) is 8.31. The maximum atomic E-state index is 8.63. The summed E-state index contributed by atoms with van der Waals surface area (Å²) in [5, 5.41) is 19.7. The van der Waals surface area contributed by atoms with Crippen molar-refractivity contribution < 1.29 is 0 Å². The first kappa shape index (κ1) is 28.9. The fraction of sp³-hybridized carbons (Fsp3) is 0.182. The molecule has 0 radical (unpaired) electrons. The van der Waals surface area contributed by atoms with E-state index in [-0.39, 0.29) is 5.11 Å². The van der Waals surface area contributed by atoms with E-state index in [2.05, 4.69) is 54.3 Å². The molecule has 0 saturated heterocycles. The maximum absolute atomic E-state index is 8.63. The predicted molar refractivity (Wildman–Crippen MR) is 147 cm³/mol. The molecule has 0 spiro atoms. The summed E-state index contributed by atoms with van der Waals surface area (Å²) in [5.41, 5.74) is 15.6. The van der Waals surface area contributed by atoms with Crippen LogP contribution in [0.3, 0.4) is 0 Å². The van der Waals surface area contributed by atoms with Gasteiger partial charge in [-0.3, -0.25) is 0 Å². The van der Waals surface area contributed by atoms with Crippen molar-refractivity contribution in [3.05, 3.63) is 54.6 Å². The van der Waals surface area contributed by atoms with Crippen LogP contribution in [0.2, 0.25) is 0 Å². The zero-order valence-corrected chi connectivity index (χ0v) is 21.5. The fourth-order valence-corrected chi connectivity index (χ4v) is 3.16. The van der Waals surface area contributed by atoms with E-state index < -0.39 is 0 Å². The molecule has 0 amide bonds. The second-order valence-electron chi connectivity index (χ2n) is 5.77. The zero-order chi connectivity index (χ0) is 26.2. The lowest BCUT2D eigenvalue weighted by atomic mass is 10.2. The van der Waals surface area contributed by atoms with Crippen LogP contribution in [0.1, 0.15) is 33.3 Å². The molecule has 9 N–H and O–H groups in total. The normalized spacial score (nSPS) is 9.03. The van der Waals surface area contributed by atoms with Gasteiger partial charge < -0.3 is 26.9 Å². The van der Waals surface area contributed by atoms with Crippen LogP contribution in [0.25, 0.3) is 32.6 Å². The smallest absolute Gasteiger partial charge is 0.203 e. The van der Waals surface area contributed by atoms with Gasteiger partial charge in [-0.05, 0) is 36.5 Å². The van der Waals surface area contributed by atoms with Gasteiger partial charge in [-0.2, -0.15) is 5.26 Å². The average molecular weight is 512 g/mol. The molecule has 0 aliphatic heterocycles. The van der Waals surface area contributed by atoms with Crippen LogP contribution in [0.15, 0.2) is 49.1 Å². The fourth-order valence-electron chi connectivity index (χ4n) is 2.52. The van der Waals surface area contributed by atoms with Gasteiger partial charge in [-0.1, -0.05) is 39.0 Å². The molecule has 0 fully saturated rings. The van der Waals surface area contributed by atoms with Crippen LogP contribution in [0.5, 0.6) is 0 Å². The number of aromatic amines is 2. The lowest BCUT2D eigenvalue weighted by molar-refractivity contribution is 1.03. The van der Waals surface area contributed by atoms with Gasteiger partial charge in [0.1, 0.15) is 17.4 Å². The number of hydrogen-bond donors (Lipinski definition) is 6. The van der Waals surface area contributed by atoms with Gasteiger partial charge in [0, 0.05) is 41.1 Å². The molecule has 11 nitrogen and oxygen atoms in total. The van der Waals surface area contributed by atoms with Crippen molar-refractivity contribution >= 4 is 55.9 Å². The van der Waals surface area contributed by atoms with Crippen molar-refractivity contribution in [2.45, 2.75) is 27.7 Å². The molecule has 5 heterocycles. The van der Waals surface area contributed by atoms with Crippen LogP contribution in [-0.2, 0) is 0 Å².